The quantitative estimate of drug-likeness (QED) is 0.409. The first-order chi connectivity index (χ1) is 21.0. The molecule has 11 heteroatoms. The number of aryl methyl sites for hydroxylation is 1. The van der Waals surface area contributed by atoms with Crippen molar-refractivity contribution in [2.75, 3.05) is 18.0 Å². The molecule has 0 bridgehead atoms. The molecule has 0 radical (unpaired) electrons. The molecule has 0 spiro atoms. The SMILES string of the molecule is CC#CC(=O)N[C@H]1CCCN(Cc2cc3c(c(C(F)(F)F)c2)CN(c2cccc(C4(c5nncn5C)CC(C)C4)c2)C3=O)C1. The maximum atomic E-state index is 14.4. The Morgan fingerprint density at radius 2 is 2.00 bits per heavy atom. The van der Waals surface area contributed by atoms with Gasteiger partial charge in [-0.2, -0.15) is 13.2 Å². The van der Waals surface area contributed by atoms with Crippen molar-refractivity contribution in [3.63, 3.8) is 0 Å². The lowest BCUT2D eigenvalue weighted by Crippen LogP contribution is -2.47. The minimum Gasteiger partial charge on any atom is -0.341 e. The van der Waals surface area contributed by atoms with Gasteiger partial charge < -0.3 is 14.8 Å². The van der Waals surface area contributed by atoms with Crippen LogP contribution in [0.5, 0.6) is 0 Å². The Morgan fingerprint density at radius 3 is 2.68 bits per heavy atom. The smallest absolute Gasteiger partial charge is 0.341 e. The number of piperidine rings is 1. The highest BCUT2D eigenvalue weighted by atomic mass is 19.4. The van der Waals surface area contributed by atoms with E-state index in [1.165, 1.54) is 11.0 Å². The van der Waals surface area contributed by atoms with Crippen molar-refractivity contribution in [3.8, 4) is 11.8 Å². The maximum absolute atomic E-state index is 14.4. The van der Waals surface area contributed by atoms with Gasteiger partial charge >= 0.3 is 6.18 Å². The molecule has 8 nitrogen and oxygen atoms in total. The summed E-state index contributed by atoms with van der Waals surface area (Å²) in [7, 11) is 1.90. The van der Waals surface area contributed by atoms with E-state index in [9.17, 15) is 22.8 Å². The Kier molecular flexibility index (Phi) is 7.74. The lowest BCUT2D eigenvalue weighted by atomic mass is 9.58. The topological polar surface area (TPSA) is 83.4 Å². The summed E-state index contributed by atoms with van der Waals surface area (Å²) < 4.78 is 45.2. The molecule has 230 valence electrons. The zero-order chi connectivity index (χ0) is 31.2. The van der Waals surface area contributed by atoms with E-state index in [0.29, 0.717) is 30.3 Å². The van der Waals surface area contributed by atoms with Gasteiger partial charge in [0.2, 0.25) is 0 Å². The number of rotatable bonds is 6. The van der Waals surface area contributed by atoms with Crippen molar-refractivity contribution in [2.45, 2.75) is 70.3 Å². The van der Waals surface area contributed by atoms with Gasteiger partial charge in [0.15, 0.2) is 0 Å². The molecular formula is C33H35F3N6O2. The summed E-state index contributed by atoms with van der Waals surface area (Å²) in [6, 6.07) is 10.2. The number of nitrogens with zero attached hydrogens (tertiary/aromatic N) is 5. The largest absolute Gasteiger partial charge is 0.416 e. The molecule has 6 rings (SSSR count). The molecule has 2 amide bonds. The third kappa shape index (κ3) is 5.47. The molecule has 2 fully saturated rings. The Morgan fingerprint density at radius 1 is 1.20 bits per heavy atom. The van der Waals surface area contributed by atoms with Crippen LogP contribution < -0.4 is 10.2 Å². The van der Waals surface area contributed by atoms with E-state index >= 15 is 0 Å². The summed E-state index contributed by atoms with van der Waals surface area (Å²) in [5.74, 6) is 5.56. The number of likely N-dealkylation sites (tertiary alicyclic amines) is 1. The highest BCUT2D eigenvalue weighted by Crippen LogP contribution is 2.52. The molecule has 2 aromatic carbocycles. The van der Waals surface area contributed by atoms with Gasteiger partial charge in [0.25, 0.3) is 11.8 Å². The van der Waals surface area contributed by atoms with E-state index < -0.39 is 17.6 Å². The van der Waals surface area contributed by atoms with E-state index in [1.807, 2.05) is 34.7 Å². The Labute approximate surface area is 254 Å². The van der Waals surface area contributed by atoms with Crippen molar-refractivity contribution in [1.29, 1.82) is 0 Å². The Hall–Kier alpha value is -4.17. The molecule has 44 heavy (non-hydrogen) atoms. The predicted molar refractivity (Wildman–Crippen MR) is 158 cm³/mol. The number of hydrogen-bond acceptors (Lipinski definition) is 5. The Bertz CT molecular complexity index is 1660. The fourth-order valence-corrected chi connectivity index (χ4v) is 7.30. The van der Waals surface area contributed by atoms with E-state index in [0.717, 1.165) is 37.1 Å². The van der Waals surface area contributed by atoms with Crippen LogP contribution in [-0.2, 0) is 36.5 Å². The van der Waals surface area contributed by atoms with E-state index in [1.54, 1.807) is 25.4 Å². The molecule has 3 aliphatic rings. The van der Waals surface area contributed by atoms with Gasteiger partial charge in [-0.15, -0.1) is 10.2 Å². The lowest BCUT2D eigenvalue weighted by molar-refractivity contribution is -0.138. The standard InChI is InChI=1S/C33H35F3N6O2/c1-4-7-29(43)38-24-9-6-11-41(18-24)17-22-12-26-27(28(13-22)33(34,35)36)19-42(30(26)44)25-10-5-8-23(14-25)32(15-21(2)16-32)31-39-37-20-40(31)3/h5,8,10,12-14,20-21,24H,6,9,11,15-19H2,1-3H3,(H,38,43)/t21?,24-,32?/m0/s1. The first-order valence-corrected chi connectivity index (χ1v) is 14.9. The number of fused-ring (bicyclic) bond motifs is 1. The number of amides is 2. The normalized spacial score (nSPS) is 23.5. The number of anilines is 1. The molecule has 0 unspecified atom stereocenters. The van der Waals surface area contributed by atoms with Crippen molar-refractivity contribution in [1.82, 2.24) is 25.0 Å². The number of halogens is 3. The van der Waals surface area contributed by atoms with Crippen LogP contribution in [0.4, 0.5) is 18.9 Å². The number of nitrogens with one attached hydrogen (secondary N) is 1. The zero-order valence-electron chi connectivity index (χ0n) is 25.0. The van der Waals surface area contributed by atoms with Gasteiger partial charge in [-0.25, -0.2) is 0 Å². The molecule has 1 aliphatic carbocycles. The van der Waals surface area contributed by atoms with Gasteiger partial charge in [-0.1, -0.05) is 25.0 Å². The van der Waals surface area contributed by atoms with Crippen LogP contribution in [0.2, 0.25) is 0 Å². The molecule has 1 N–H and O–H groups in total. The zero-order valence-corrected chi connectivity index (χ0v) is 25.0. The number of benzene rings is 2. The van der Waals surface area contributed by atoms with Crippen molar-refractivity contribution >= 4 is 17.5 Å². The van der Waals surface area contributed by atoms with E-state index in [4.69, 9.17) is 0 Å². The summed E-state index contributed by atoms with van der Waals surface area (Å²) in [5.41, 5.74) is 0.894. The third-order valence-electron chi connectivity index (χ3n) is 9.14. The average Bonchev–Trinajstić information content (AvgIpc) is 3.53. The number of carbonyl (C=O) groups excluding carboxylic acids is 2. The summed E-state index contributed by atoms with van der Waals surface area (Å²) >= 11 is 0. The monoisotopic (exact) mass is 604 g/mol. The second-order valence-corrected chi connectivity index (χ2v) is 12.4. The van der Waals surface area contributed by atoms with Crippen molar-refractivity contribution < 1.29 is 22.8 Å². The number of aromatic nitrogens is 3. The van der Waals surface area contributed by atoms with E-state index in [-0.39, 0.29) is 41.6 Å². The summed E-state index contributed by atoms with van der Waals surface area (Å²) in [6.07, 6.45) is 0.348. The van der Waals surface area contributed by atoms with Gasteiger partial charge in [0.1, 0.15) is 12.2 Å². The fourth-order valence-electron chi connectivity index (χ4n) is 7.30. The second-order valence-electron chi connectivity index (χ2n) is 12.4. The predicted octanol–water partition coefficient (Wildman–Crippen LogP) is 4.81. The minimum atomic E-state index is -4.62. The molecule has 1 atom stereocenters. The maximum Gasteiger partial charge on any atom is 0.416 e. The molecule has 1 aromatic heterocycles. The van der Waals surface area contributed by atoms with Crippen LogP contribution in [-0.4, -0.2) is 50.6 Å². The molecule has 3 aromatic rings. The first-order valence-electron chi connectivity index (χ1n) is 14.9. The van der Waals surface area contributed by atoms with Crippen LogP contribution in [0.1, 0.15) is 78.0 Å². The first kappa shape index (κ1) is 29.9. The van der Waals surface area contributed by atoms with Crippen LogP contribution in [0.3, 0.4) is 0 Å². The van der Waals surface area contributed by atoms with Gasteiger partial charge in [-0.05, 0) is 91.9 Å². The minimum absolute atomic E-state index is 0.00106. The fraction of sp³-hybridized carbons (Fsp3) is 0.455. The van der Waals surface area contributed by atoms with Crippen LogP contribution in [0, 0.1) is 17.8 Å². The molecule has 2 aliphatic heterocycles. The highest BCUT2D eigenvalue weighted by molar-refractivity contribution is 6.10. The van der Waals surface area contributed by atoms with Gasteiger partial charge in [0, 0.05) is 37.4 Å². The average molecular weight is 605 g/mol. The molecule has 1 saturated heterocycles. The summed E-state index contributed by atoms with van der Waals surface area (Å²) in [6.45, 7) is 5.02. The molecule has 3 heterocycles. The van der Waals surface area contributed by atoms with Crippen LogP contribution in [0.25, 0.3) is 0 Å². The Balaban J connectivity index is 1.28. The highest BCUT2D eigenvalue weighted by Gasteiger charge is 2.48. The van der Waals surface area contributed by atoms with Crippen molar-refractivity contribution in [3.05, 3.63) is 76.4 Å². The van der Waals surface area contributed by atoms with E-state index in [2.05, 4.69) is 34.3 Å². The molecule has 1 saturated carbocycles. The number of alkyl halides is 3. The van der Waals surface area contributed by atoms with Crippen molar-refractivity contribution in [2.24, 2.45) is 13.0 Å². The van der Waals surface area contributed by atoms with Crippen LogP contribution >= 0.6 is 0 Å². The molecular weight excluding hydrogens is 569 g/mol. The number of hydrogen-bond donors (Lipinski definition) is 1. The second kappa shape index (κ2) is 11.4. The third-order valence-corrected chi connectivity index (χ3v) is 9.14. The summed E-state index contributed by atoms with van der Waals surface area (Å²) in [5, 5.41) is 11.4. The van der Waals surface area contributed by atoms with Gasteiger partial charge in [0.05, 0.1) is 17.5 Å². The number of carbonyl (C=O) groups is 2. The lowest BCUT2D eigenvalue weighted by Gasteiger charge is -2.46. The van der Waals surface area contributed by atoms with Crippen LogP contribution in [0.15, 0.2) is 42.7 Å². The van der Waals surface area contributed by atoms with Gasteiger partial charge in [-0.3, -0.25) is 14.5 Å². The summed E-state index contributed by atoms with van der Waals surface area (Å²) in [4.78, 5) is 29.2.